The van der Waals surface area contributed by atoms with Gasteiger partial charge in [0.25, 0.3) is 0 Å². The van der Waals surface area contributed by atoms with Crippen LogP contribution in [0, 0.1) is 5.41 Å². The van der Waals surface area contributed by atoms with Gasteiger partial charge in [-0.1, -0.05) is 26.8 Å². The van der Waals surface area contributed by atoms with Gasteiger partial charge in [-0.25, -0.2) is 0 Å². The number of benzene rings is 1. The third-order valence-electron chi connectivity index (χ3n) is 2.58. The second-order valence-electron chi connectivity index (χ2n) is 5.12. The quantitative estimate of drug-likeness (QED) is 0.893. The van der Waals surface area contributed by atoms with Crippen molar-refractivity contribution in [1.82, 2.24) is 5.32 Å². The number of amides is 1. The predicted molar refractivity (Wildman–Crippen MR) is 70.8 cm³/mol. The fraction of sp³-hybridized carbons (Fsp3) is 0.500. The first-order valence-electron chi connectivity index (χ1n) is 5.87. The van der Waals surface area contributed by atoms with Crippen LogP contribution in [-0.2, 0) is 11.3 Å². The Morgan fingerprint density at radius 1 is 1.17 bits per heavy atom. The number of carbonyl (C=O) groups is 1. The van der Waals surface area contributed by atoms with E-state index in [1.807, 2.05) is 39.0 Å². The van der Waals surface area contributed by atoms with E-state index in [1.165, 1.54) is 0 Å². The van der Waals surface area contributed by atoms with Crippen molar-refractivity contribution in [3.63, 3.8) is 0 Å². The summed E-state index contributed by atoms with van der Waals surface area (Å²) in [5.74, 6) is 1.38. The summed E-state index contributed by atoms with van der Waals surface area (Å²) in [4.78, 5) is 11.7. The molecule has 1 aromatic rings. The van der Waals surface area contributed by atoms with Crippen LogP contribution >= 0.6 is 0 Å². The van der Waals surface area contributed by atoms with Gasteiger partial charge in [0, 0.05) is 12.0 Å². The molecule has 0 unspecified atom stereocenters. The number of hydrogen-bond acceptors (Lipinski definition) is 3. The highest BCUT2D eigenvalue weighted by Gasteiger charge is 2.20. The summed E-state index contributed by atoms with van der Waals surface area (Å²) in [5.41, 5.74) is 0.599. The first-order chi connectivity index (χ1) is 8.38. The second-order valence-corrected chi connectivity index (χ2v) is 5.12. The smallest absolute Gasteiger partial charge is 0.225 e. The molecule has 0 fully saturated rings. The van der Waals surface area contributed by atoms with Gasteiger partial charge in [-0.05, 0) is 17.7 Å². The molecule has 0 aromatic heterocycles. The Bertz CT molecular complexity index is 422. The molecule has 0 saturated carbocycles. The van der Waals surface area contributed by atoms with Gasteiger partial charge in [0.15, 0.2) is 11.5 Å². The minimum Gasteiger partial charge on any atom is -0.493 e. The van der Waals surface area contributed by atoms with Crippen molar-refractivity contribution in [2.75, 3.05) is 14.2 Å². The Labute approximate surface area is 108 Å². The normalized spacial score (nSPS) is 10.9. The highest BCUT2D eigenvalue weighted by Crippen LogP contribution is 2.27. The maximum absolute atomic E-state index is 11.7. The third kappa shape index (κ3) is 3.65. The molecule has 0 atom stereocenters. The van der Waals surface area contributed by atoms with E-state index in [0.717, 1.165) is 5.56 Å². The Balaban J connectivity index is 2.72. The topological polar surface area (TPSA) is 47.6 Å². The number of ether oxygens (including phenoxy) is 2. The highest BCUT2D eigenvalue weighted by atomic mass is 16.5. The maximum Gasteiger partial charge on any atom is 0.225 e. The van der Waals surface area contributed by atoms with E-state index in [1.54, 1.807) is 14.2 Å². The van der Waals surface area contributed by atoms with Crippen molar-refractivity contribution in [3.05, 3.63) is 23.8 Å². The molecule has 0 spiro atoms. The number of rotatable bonds is 4. The molecule has 100 valence electrons. The SMILES string of the molecule is COc1ccc(CNC(=O)C(C)(C)C)cc1OC. The van der Waals surface area contributed by atoms with E-state index < -0.39 is 0 Å². The zero-order chi connectivity index (χ0) is 13.8. The van der Waals surface area contributed by atoms with E-state index in [-0.39, 0.29) is 11.3 Å². The summed E-state index contributed by atoms with van der Waals surface area (Å²) in [5, 5.41) is 2.89. The lowest BCUT2D eigenvalue weighted by Gasteiger charge is -2.18. The molecule has 1 amide bonds. The predicted octanol–water partition coefficient (Wildman–Crippen LogP) is 2.37. The number of hydrogen-bond donors (Lipinski definition) is 1. The van der Waals surface area contributed by atoms with Gasteiger partial charge in [0.05, 0.1) is 14.2 Å². The average molecular weight is 251 g/mol. The molecule has 18 heavy (non-hydrogen) atoms. The lowest BCUT2D eigenvalue weighted by Crippen LogP contribution is -2.34. The van der Waals surface area contributed by atoms with Crippen LogP contribution in [0.3, 0.4) is 0 Å². The van der Waals surface area contributed by atoms with Crippen LogP contribution in [0.25, 0.3) is 0 Å². The summed E-state index contributed by atoms with van der Waals surface area (Å²) in [6, 6.07) is 5.60. The molecule has 4 heteroatoms. The van der Waals surface area contributed by atoms with E-state index in [9.17, 15) is 4.79 Å². The Morgan fingerprint density at radius 2 is 1.78 bits per heavy atom. The minimum atomic E-state index is -0.378. The van der Waals surface area contributed by atoms with Gasteiger partial charge in [0.2, 0.25) is 5.91 Å². The molecule has 0 bridgehead atoms. The average Bonchev–Trinajstić information content (AvgIpc) is 2.34. The fourth-order valence-electron chi connectivity index (χ4n) is 1.44. The molecule has 0 heterocycles. The van der Waals surface area contributed by atoms with Crippen molar-refractivity contribution in [1.29, 1.82) is 0 Å². The standard InChI is InChI=1S/C14H21NO3/c1-14(2,3)13(16)15-9-10-6-7-11(17-4)12(8-10)18-5/h6-8H,9H2,1-5H3,(H,15,16). The van der Waals surface area contributed by atoms with Crippen LogP contribution in [0.2, 0.25) is 0 Å². The van der Waals surface area contributed by atoms with Crippen LogP contribution in [0.4, 0.5) is 0 Å². The van der Waals surface area contributed by atoms with Gasteiger partial charge >= 0.3 is 0 Å². The zero-order valence-electron chi connectivity index (χ0n) is 11.7. The first kappa shape index (κ1) is 14.4. The maximum atomic E-state index is 11.7. The number of nitrogens with one attached hydrogen (secondary N) is 1. The molecule has 0 aliphatic carbocycles. The van der Waals surface area contributed by atoms with Crippen molar-refractivity contribution in [3.8, 4) is 11.5 Å². The zero-order valence-corrected chi connectivity index (χ0v) is 11.7. The van der Waals surface area contributed by atoms with Crippen LogP contribution in [0.5, 0.6) is 11.5 Å². The minimum absolute atomic E-state index is 0.0253. The Morgan fingerprint density at radius 3 is 2.28 bits per heavy atom. The van der Waals surface area contributed by atoms with Crippen molar-refractivity contribution in [2.24, 2.45) is 5.41 Å². The van der Waals surface area contributed by atoms with Gasteiger partial charge in [-0.2, -0.15) is 0 Å². The lowest BCUT2D eigenvalue weighted by atomic mass is 9.95. The van der Waals surface area contributed by atoms with Crippen LogP contribution in [0.1, 0.15) is 26.3 Å². The van der Waals surface area contributed by atoms with Crippen LogP contribution in [-0.4, -0.2) is 20.1 Å². The molecule has 1 rings (SSSR count). The second kappa shape index (κ2) is 5.76. The number of methoxy groups -OCH3 is 2. The van der Waals surface area contributed by atoms with E-state index in [0.29, 0.717) is 18.0 Å². The van der Waals surface area contributed by atoms with Crippen molar-refractivity contribution in [2.45, 2.75) is 27.3 Å². The molecule has 0 aliphatic heterocycles. The Kier molecular flexibility index (Phi) is 4.59. The largest absolute Gasteiger partial charge is 0.493 e. The summed E-state index contributed by atoms with van der Waals surface area (Å²) in [7, 11) is 3.19. The van der Waals surface area contributed by atoms with Gasteiger partial charge < -0.3 is 14.8 Å². The molecular weight excluding hydrogens is 230 g/mol. The molecule has 0 aliphatic rings. The summed E-state index contributed by atoms with van der Waals surface area (Å²) in [6.07, 6.45) is 0. The molecular formula is C14H21NO3. The van der Waals surface area contributed by atoms with Crippen LogP contribution in [0.15, 0.2) is 18.2 Å². The third-order valence-corrected chi connectivity index (χ3v) is 2.58. The molecule has 0 saturated heterocycles. The molecule has 0 radical (unpaired) electrons. The van der Waals surface area contributed by atoms with Crippen LogP contribution < -0.4 is 14.8 Å². The highest BCUT2D eigenvalue weighted by molar-refractivity contribution is 5.81. The van der Waals surface area contributed by atoms with Gasteiger partial charge in [0.1, 0.15) is 0 Å². The van der Waals surface area contributed by atoms with E-state index in [2.05, 4.69) is 5.32 Å². The molecule has 1 N–H and O–H groups in total. The van der Waals surface area contributed by atoms with Crippen molar-refractivity contribution >= 4 is 5.91 Å². The molecule has 4 nitrogen and oxygen atoms in total. The lowest BCUT2D eigenvalue weighted by molar-refractivity contribution is -0.128. The van der Waals surface area contributed by atoms with Crippen molar-refractivity contribution < 1.29 is 14.3 Å². The van der Waals surface area contributed by atoms with E-state index >= 15 is 0 Å². The molecule has 1 aromatic carbocycles. The summed E-state index contributed by atoms with van der Waals surface area (Å²) in [6.45, 7) is 6.14. The monoisotopic (exact) mass is 251 g/mol. The first-order valence-corrected chi connectivity index (χ1v) is 5.87. The summed E-state index contributed by atoms with van der Waals surface area (Å²) >= 11 is 0. The summed E-state index contributed by atoms with van der Waals surface area (Å²) < 4.78 is 10.4. The van der Waals surface area contributed by atoms with E-state index in [4.69, 9.17) is 9.47 Å². The number of carbonyl (C=O) groups excluding carboxylic acids is 1. The van der Waals surface area contributed by atoms with Gasteiger partial charge in [-0.3, -0.25) is 4.79 Å². The Hall–Kier alpha value is -1.71. The van der Waals surface area contributed by atoms with Gasteiger partial charge in [-0.15, -0.1) is 0 Å². The fourth-order valence-corrected chi connectivity index (χ4v) is 1.44.